The third-order valence-corrected chi connectivity index (χ3v) is 14.5. The van der Waals surface area contributed by atoms with Crippen molar-refractivity contribution in [1.29, 1.82) is 0 Å². The van der Waals surface area contributed by atoms with E-state index in [0.717, 1.165) is 30.0 Å². The maximum Gasteiger partial charge on any atom is 0.234 e. The molecule has 1 aliphatic heterocycles. The second-order valence-corrected chi connectivity index (χ2v) is 19.2. The fourth-order valence-corrected chi connectivity index (χ4v) is 7.47. The van der Waals surface area contributed by atoms with Crippen LogP contribution in [0.1, 0.15) is 81.3 Å². The van der Waals surface area contributed by atoms with E-state index in [1.807, 2.05) is 18.3 Å². The van der Waals surface area contributed by atoms with Crippen molar-refractivity contribution in [3.63, 3.8) is 0 Å². The van der Waals surface area contributed by atoms with Gasteiger partial charge in [0.2, 0.25) is 11.7 Å². The number of pyridine rings is 1. The minimum atomic E-state index is -2.02. The van der Waals surface area contributed by atoms with Crippen molar-refractivity contribution >= 4 is 43.2 Å². The molecule has 0 aromatic carbocycles. The first-order chi connectivity index (χ1) is 20.9. The number of carbonyl (C=O) groups excluding carboxylic acids is 1. The number of imidazole rings is 1. The van der Waals surface area contributed by atoms with E-state index in [1.54, 1.807) is 12.3 Å². The summed E-state index contributed by atoms with van der Waals surface area (Å²) >= 11 is 6.14. The van der Waals surface area contributed by atoms with Gasteiger partial charge in [0.25, 0.3) is 0 Å². The van der Waals surface area contributed by atoms with Crippen LogP contribution in [0.4, 0.5) is 11.6 Å². The van der Waals surface area contributed by atoms with Gasteiger partial charge in [0, 0.05) is 66.4 Å². The van der Waals surface area contributed by atoms with Gasteiger partial charge in [0.05, 0.1) is 17.8 Å². The average Bonchev–Trinajstić information content (AvgIpc) is 3.89. The zero-order valence-electron chi connectivity index (χ0n) is 25.9. The molecule has 0 radical (unpaired) electrons. The zero-order chi connectivity index (χ0) is 30.8. The van der Waals surface area contributed by atoms with Crippen LogP contribution in [0, 0.1) is 5.92 Å². The average molecular weight is 631 g/mol. The Hall–Kier alpha value is -3.41. The van der Waals surface area contributed by atoms with E-state index in [0.29, 0.717) is 29.1 Å². The lowest BCUT2D eigenvalue weighted by Crippen LogP contribution is -2.44. The first kappa shape index (κ1) is 29.3. The van der Waals surface area contributed by atoms with Crippen molar-refractivity contribution in [2.75, 3.05) is 16.8 Å². The number of hydrogen-bond donors (Lipinski definition) is 1. The van der Waals surface area contributed by atoms with Gasteiger partial charge in [-0.2, -0.15) is 0 Å². The van der Waals surface area contributed by atoms with Gasteiger partial charge >= 0.3 is 0 Å². The van der Waals surface area contributed by atoms with Gasteiger partial charge in [-0.05, 0) is 61.0 Å². The van der Waals surface area contributed by atoms with Crippen molar-refractivity contribution in [3.05, 3.63) is 71.3 Å². The molecule has 3 fully saturated rings. The molecule has 2 aliphatic carbocycles. The monoisotopic (exact) mass is 630 g/mol. The van der Waals surface area contributed by atoms with Gasteiger partial charge in [-0.1, -0.05) is 32.4 Å². The fourth-order valence-electron chi connectivity index (χ4n) is 5.94. The minimum Gasteiger partial charge on any atom is -0.412 e. The predicted octanol–water partition coefficient (Wildman–Crippen LogP) is 6.53. The molecule has 5 heterocycles. The number of nitrogens with zero attached hydrogens (tertiary/aromatic N) is 7. The van der Waals surface area contributed by atoms with Crippen molar-refractivity contribution in [2.24, 2.45) is 5.92 Å². The molecule has 10 nitrogen and oxygen atoms in total. The van der Waals surface area contributed by atoms with Crippen LogP contribution in [0.5, 0.6) is 0 Å². The first-order valence-electron chi connectivity index (χ1n) is 15.5. The van der Waals surface area contributed by atoms with E-state index in [4.69, 9.17) is 21.0 Å². The molecule has 1 amide bonds. The molecule has 7 rings (SSSR count). The van der Waals surface area contributed by atoms with Gasteiger partial charge < -0.3 is 14.6 Å². The zero-order valence-corrected chi connectivity index (χ0v) is 27.6. The van der Waals surface area contributed by atoms with E-state index < -0.39 is 8.32 Å². The van der Waals surface area contributed by atoms with Gasteiger partial charge in [-0.3, -0.25) is 14.2 Å². The lowest BCUT2D eigenvalue weighted by atomic mass is 10.1. The van der Waals surface area contributed by atoms with Crippen LogP contribution < -0.4 is 10.2 Å². The van der Waals surface area contributed by atoms with Crippen molar-refractivity contribution < 1.29 is 9.22 Å². The number of amides is 1. The Morgan fingerprint density at radius 3 is 2.64 bits per heavy atom. The van der Waals surface area contributed by atoms with E-state index >= 15 is 0 Å². The lowest BCUT2D eigenvalue weighted by molar-refractivity contribution is -0.117. The van der Waals surface area contributed by atoms with Gasteiger partial charge in [-0.15, -0.1) is 0 Å². The smallest absolute Gasteiger partial charge is 0.234 e. The van der Waals surface area contributed by atoms with Crippen molar-refractivity contribution in [2.45, 2.75) is 88.6 Å². The standard InChI is InChI=1S/C32H39ClN8O2Si/c1-32(2,3)44(4,5)43-22-11-27(26-17-40-15-20(19-6-7-19)14-35-31(40)38-26)41(16-22)29-13-28(36-18-37-29)39-30(42)24-12-23(24)25-10-21(33)8-9-34-25/h8-10,13-15,17-19,22-24,27H,6-7,11-12,16H2,1-5H3,(H,36,37,39,42)/t22?,23-,24-,27+/m0/s1. The van der Waals surface area contributed by atoms with Crippen LogP contribution in [0.2, 0.25) is 23.2 Å². The first-order valence-corrected chi connectivity index (χ1v) is 18.8. The maximum atomic E-state index is 13.2. The molecule has 1 unspecified atom stereocenters. The number of anilines is 2. The van der Waals surface area contributed by atoms with Crippen LogP contribution in [-0.2, 0) is 9.22 Å². The van der Waals surface area contributed by atoms with E-state index in [1.165, 1.54) is 24.7 Å². The van der Waals surface area contributed by atoms with E-state index in [9.17, 15) is 4.79 Å². The van der Waals surface area contributed by atoms with Crippen LogP contribution in [-0.4, -0.2) is 56.2 Å². The molecular weight excluding hydrogens is 592 g/mol. The van der Waals surface area contributed by atoms with E-state index in [-0.39, 0.29) is 34.9 Å². The lowest BCUT2D eigenvalue weighted by Gasteiger charge is -2.38. The summed E-state index contributed by atoms with van der Waals surface area (Å²) in [5, 5.41) is 3.74. The molecule has 4 atom stereocenters. The summed E-state index contributed by atoms with van der Waals surface area (Å²) in [4.78, 5) is 38.5. The summed E-state index contributed by atoms with van der Waals surface area (Å²) in [6.45, 7) is 12.0. The van der Waals surface area contributed by atoms with Crippen LogP contribution in [0.3, 0.4) is 0 Å². The maximum absolute atomic E-state index is 13.2. The molecule has 4 aromatic rings. The predicted molar refractivity (Wildman–Crippen MR) is 172 cm³/mol. The summed E-state index contributed by atoms with van der Waals surface area (Å²) in [5.74, 6) is 2.35. The number of aromatic nitrogens is 6. The Bertz CT molecular complexity index is 1720. The number of rotatable bonds is 8. The van der Waals surface area contributed by atoms with Crippen molar-refractivity contribution in [1.82, 2.24) is 29.3 Å². The van der Waals surface area contributed by atoms with Crippen molar-refractivity contribution in [3.8, 4) is 0 Å². The number of halogens is 1. The molecule has 4 aromatic heterocycles. The van der Waals surface area contributed by atoms with E-state index in [2.05, 4.69) is 80.8 Å². The Morgan fingerprint density at radius 2 is 1.89 bits per heavy atom. The fraction of sp³-hybridized carbons (Fsp3) is 0.500. The number of nitrogens with one attached hydrogen (secondary N) is 1. The van der Waals surface area contributed by atoms with Gasteiger partial charge in [0.1, 0.15) is 18.0 Å². The second-order valence-electron chi connectivity index (χ2n) is 14.0. The SMILES string of the molecule is CC(C)(C)[Si](C)(C)OC1C[C@H](c2cn3cc(C4CC4)cnc3n2)N(c2cc(NC(=O)[C@H]3C[C@@H]3c3cc(Cl)ccn3)ncn2)C1. The molecule has 12 heteroatoms. The molecule has 3 aliphatic rings. The summed E-state index contributed by atoms with van der Waals surface area (Å²) in [6.07, 6.45) is 13.4. The normalized spacial score (nSPS) is 23.7. The summed E-state index contributed by atoms with van der Waals surface area (Å²) in [7, 11) is -2.02. The Labute approximate surface area is 263 Å². The molecular formula is C32H39ClN8O2Si. The highest BCUT2D eigenvalue weighted by molar-refractivity contribution is 6.74. The summed E-state index contributed by atoms with van der Waals surface area (Å²) in [5.41, 5.74) is 3.05. The molecule has 0 spiro atoms. The van der Waals surface area contributed by atoms with Crippen LogP contribution in [0.15, 0.2) is 49.3 Å². The topological polar surface area (TPSA) is 110 Å². The van der Waals surface area contributed by atoms with Crippen LogP contribution in [0.25, 0.3) is 5.78 Å². The number of fused-ring (bicyclic) bond motifs is 1. The molecule has 1 N–H and O–H groups in total. The third-order valence-electron chi connectivity index (χ3n) is 9.72. The third kappa shape index (κ3) is 5.84. The highest BCUT2D eigenvalue weighted by Gasteiger charge is 2.46. The minimum absolute atomic E-state index is 0.0195. The van der Waals surface area contributed by atoms with Gasteiger partial charge in [-0.25, -0.2) is 19.9 Å². The molecule has 2 saturated carbocycles. The quantitative estimate of drug-likeness (QED) is 0.219. The van der Waals surface area contributed by atoms with Gasteiger partial charge in [0.15, 0.2) is 8.32 Å². The molecule has 0 bridgehead atoms. The Kier molecular flexibility index (Phi) is 7.25. The summed E-state index contributed by atoms with van der Waals surface area (Å²) < 4.78 is 8.97. The summed E-state index contributed by atoms with van der Waals surface area (Å²) in [6, 6.07) is 5.37. The highest BCUT2D eigenvalue weighted by Crippen LogP contribution is 2.48. The molecule has 1 saturated heterocycles. The molecule has 230 valence electrons. The Morgan fingerprint density at radius 1 is 1.07 bits per heavy atom. The number of carbonyl (C=O) groups is 1. The largest absolute Gasteiger partial charge is 0.412 e. The molecule has 44 heavy (non-hydrogen) atoms. The number of hydrogen-bond acceptors (Lipinski definition) is 8. The Balaban J connectivity index is 1.14. The second kappa shape index (κ2) is 10.9. The van der Waals surface area contributed by atoms with Crippen LogP contribution >= 0.6 is 11.6 Å². The highest BCUT2D eigenvalue weighted by atomic mass is 35.5.